The summed E-state index contributed by atoms with van der Waals surface area (Å²) in [6.45, 7) is 1.83. The Morgan fingerprint density at radius 1 is 1.29 bits per heavy atom. The second kappa shape index (κ2) is 6.22. The first-order valence-electron chi connectivity index (χ1n) is 8.55. The molecule has 1 saturated heterocycles. The van der Waals surface area contributed by atoms with Crippen molar-refractivity contribution in [2.45, 2.75) is 44.2 Å². The number of piperidine rings is 1. The minimum atomic E-state index is -0.871. The topological polar surface area (TPSA) is 66.6 Å². The van der Waals surface area contributed by atoms with Gasteiger partial charge in [-0.15, -0.1) is 11.3 Å². The van der Waals surface area contributed by atoms with E-state index >= 15 is 0 Å². The minimum Gasteiger partial charge on any atom is -0.478 e. The minimum absolute atomic E-state index is 0.335. The van der Waals surface area contributed by atoms with Crippen LogP contribution in [0, 0.1) is 0 Å². The van der Waals surface area contributed by atoms with Gasteiger partial charge in [0.25, 0.3) is 0 Å². The summed E-state index contributed by atoms with van der Waals surface area (Å²) in [4.78, 5) is 15.3. The van der Waals surface area contributed by atoms with Gasteiger partial charge in [-0.3, -0.25) is 4.90 Å². The van der Waals surface area contributed by atoms with Crippen molar-refractivity contribution in [3.8, 4) is 0 Å². The molecule has 1 fully saturated rings. The lowest BCUT2D eigenvalue weighted by Gasteiger charge is -2.43. The number of hydrogen-bond acceptors (Lipinski definition) is 4. The summed E-state index contributed by atoms with van der Waals surface area (Å²) in [6.07, 6.45) is 4.48. The number of benzene rings is 1. The van der Waals surface area contributed by atoms with Gasteiger partial charge >= 0.3 is 5.97 Å². The fourth-order valence-corrected chi connectivity index (χ4v) is 5.47. The van der Waals surface area contributed by atoms with Crippen molar-refractivity contribution in [1.82, 2.24) is 4.90 Å². The van der Waals surface area contributed by atoms with Gasteiger partial charge in [-0.1, -0.05) is 30.3 Å². The van der Waals surface area contributed by atoms with Crippen LogP contribution in [0.3, 0.4) is 0 Å². The van der Waals surface area contributed by atoms with Gasteiger partial charge in [0.05, 0.1) is 5.56 Å². The molecule has 24 heavy (non-hydrogen) atoms. The summed E-state index contributed by atoms with van der Waals surface area (Å²) in [5.41, 5.74) is 8.80. The van der Waals surface area contributed by atoms with E-state index in [1.165, 1.54) is 28.2 Å². The molecule has 4 rings (SSSR count). The lowest BCUT2D eigenvalue weighted by molar-refractivity contribution is 0.0689. The maximum absolute atomic E-state index is 11.6. The molecule has 4 nitrogen and oxygen atoms in total. The molecule has 0 aliphatic carbocycles. The number of carboxylic acid groups (broad SMARTS) is 1. The Bertz CT molecular complexity index is 756. The van der Waals surface area contributed by atoms with Gasteiger partial charge in [0.2, 0.25) is 0 Å². The predicted octanol–water partition coefficient (Wildman–Crippen LogP) is 3.72. The number of anilines is 1. The molecule has 2 aliphatic rings. The van der Waals surface area contributed by atoms with Gasteiger partial charge < -0.3 is 10.8 Å². The third-order valence-corrected chi connectivity index (χ3v) is 6.47. The summed E-state index contributed by atoms with van der Waals surface area (Å²) in [5.74, 6) is -0.536. The van der Waals surface area contributed by atoms with E-state index in [1.54, 1.807) is 0 Å². The highest BCUT2D eigenvalue weighted by atomic mass is 32.1. The molecule has 3 unspecified atom stereocenters. The first-order valence-corrected chi connectivity index (χ1v) is 9.37. The van der Waals surface area contributed by atoms with Crippen LogP contribution < -0.4 is 5.73 Å². The molecule has 0 saturated carbocycles. The highest BCUT2D eigenvalue weighted by Crippen LogP contribution is 2.45. The van der Waals surface area contributed by atoms with Gasteiger partial charge in [-0.2, -0.15) is 0 Å². The fraction of sp³-hybridized carbons (Fsp3) is 0.421. The van der Waals surface area contributed by atoms with E-state index in [9.17, 15) is 9.90 Å². The van der Waals surface area contributed by atoms with Crippen LogP contribution in [0.4, 0.5) is 5.00 Å². The van der Waals surface area contributed by atoms with Crippen LogP contribution in [0.15, 0.2) is 30.3 Å². The van der Waals surface area contributed by atoms with Crippen LogP contribution in [-0.2, 0) is 13.0 Å². The van der Waals surface area contributed by atoms with Gasteiger partial charge in [0, 0.05) is 24.0 Å². The van der Waals surface area contributed by atoms with Crippen molar-refractivity contribution >= 4 is 22.3 Å². The molecule has 0 radical (unpaired) electrons. The summed E-state index contributed by atoms with van der Waals surface area (Å²) >= 11 is 1.47. The maximum Gasteiger partial charge on any atom is 0.338 e. The number of rotatable bonds is 4. The zero-order chi connectivity index (χ0) is 16.7. The number of carboxylic acids is 1. The zero-order valence-electron chi connectivity index (χ0n) is 13.6. The average molecular weight is 342 g/mol. The number of fused-ring (bicyclic) bond motifs is 4. The Hall–Kier alpha value is -1.85. The third kappa shape index (κ3) is 2.72. The number of aryl methyl sites for hydroxylation is 1. The first kappa shape index (κ1) is 15.7. The molecule has 126 valence electrons. The number of hydrogen-bond donors (Lipinski definition) is 2. The van der Waals surface area contributed by atoms with E-state index < -0.39 is 5.97 Å². The van der Waals surface area contributed by atoms with Gasteiger partial charge in [-0.05, 0) is 42.7 Å². The smallest absolute Gasteiger partial charge is 0.338 e. The van der Waals surface area contributed by atoms with Gasteiger partial charge in [0.15, 0.2) is 0 Å². The van der Waals surface area contributed by atoms with Crippen LogP contribution in [0.5, 0.6) is 0 Å². The van der Waals surface area contributed by atoms with Crippen molar-refractivity contribution in [2.24, 2.45) is 0 Å². The Balaban J connectivity index is 1.51. The molecule has 3 heterocycles. The number of nitrogens with zero attached hydrogens (tertiary/aromatic N) is 1. The Kier molecular flexibility index (Phi) is 4.06. The molecule has 0 amide bonds. The van der Waals surface area contributed by atoms with Crippen molar-refractivity contribution in [1.29, 1.82) is 0 Å². The van der Waals surface area contributed by atoms with Crippen LogP contribution in [0.1, 0.15) is 51.5 Å². The highest BCUT2D eigenvalue weighted by Gasteiger charge is 2.38. The van der Waals surface area contributed by atoms with Crippen LogP contribution in [0.2, 0.25) is 0 Å². The summed E-state index contributed by atoms with van der Waals surface area (Å²) in [7, 11) is 0. The van der Waals surface area contributed by atoms with Gasteiger partial charge in [0.1, 0.15) is 5.00 Å². The number of aromatic carboxylic acids is 1. The van der Waals surface area contributed by atoms with E-state index in [4.69, 9.17) is 5.73 Å². The zero-order valence-corrected chi connectivity index (χ0v) is 14.4. The summed E-state index contributed by atoms with van der Waals surface area (Å²) in [6, 6.07) is 11.2. The lowest BCUT2D eigenvalue weighted by Crippen LogP contribution is -2.45. The number of thiophene rings is 1. The van der Waals surface area contributed by atoms with E-state index in [2.05, 4.69) is 35.2 Å². The largest absolute Gasteiger partial charge is 0.478 e. The monoisotopic (exact) mass is 342 g/mol. The summed E-state index contributed by atoms with van der Waals surface area (Å²) < 4.78 is 0. The molecule has 5 heteroatoms. The molecular formula is C19H22N2O2S. The van der Waals surface area contributed by atoms with Crippen LogP contribution in [-0.4, -0.2) is 28.6 Å². The average Bonchev–Trinajstić information content (AvgIpc) is 2.91. The summed E-state index contributed by atoms with van der Waals surface area (Å²) in [5, 5.41) is 9.96. The Morgan fingerprint density at radius 3 is 2.83 bits per heavy atom. The van der Waals surface area contributed by atoms with Crippen molar-refractivity contribution in [3.63, 3.8) is 0 Å². The number of carbonyl (C=O) groups is 1. The van der Waals surface area contributed by atoms with E-state index in [0.29, 0.717) is 22.5 Å². The quantitative estimate of drug-likeness (QED) is 0.888. The van der Waals surface area contributed by atoms with E-state index in [-0.39, 0.29) is 0 Å². The van der Waals surface area contributed by atoms with E-state index in [0.717, 1.165) is 37.9 Å². The Labute approximate surface area is 145 Å². The molecule has 2 aliphatic heterocycles. The highest BCUT2D eigenvalue weighted by molar-refractivity contribution is 7.16. The Morgan fingerprint density at radius 2 is 2.08 bits per heavy atom. The molecule has 0 spiro atoms. The SMILES string of the molecule is Nc1sc2c(c1C(=O)O)C1CCC(CCc3ccccc3)N(C2)C1. The van der Waals surface area contributed by atoms with E-state index in [1.807, 2.05) is 0 Å². The second-order valence-corrected chi connectivity index (χ2v) is 8.00. The molecule has 1 aromatic heterocycles. The molecule has 3 N–H and O–H groups in total. The second-order valence-electron chi connectivity index (χ2n) is 6.87. The lowest BCUT2D eigenvalue weighted by atomic mass is 9.81. The molecule has 2 aromatic rings. The van der Waals surface area contributed by atoms with Crippen molar-refractivity contribution in [2.75, 3.05) is 12.3 Å². The van der Waals surface area contributed by atoms with Crippen molar-refractivity contribution in [3.05, 3.63) is 51.9 Å². The number of nitrogen functional groups attached to an aromatic ring is 1. The molecule has 1 aromatic carbocycles. The van der Waals surface area contributed by atoms with Crippen molar-refractivity contribution < 1.29 is 9.90 Å². The van der Waals surface area contributed by atoms with Crippen LogP contribution in [0.25, 0.3) is 0 Å². The fourth-order valence-electron chi connectivity index (χ4n) is 4.30. The molecule has 2 bridgehead atoms. The normalized spacial score (nSPS) is 25.2. The predicted molar refractivity (Wildman–Crippen MR) is 96.6 cm³/mol. The van der Waals surface area contributed by atoms with Crippen LogP contribution >= 0.6 is 11.3 Å². The number of nitrogens with two attached hydrogens (primary N) is 1. The molecule has 3 atom stereocenters. The first-order chi connectivity index (χ1) is 11.6. The van der Waals surface area contributed by atoms with Gasteiger partial charge in [-0.25, -0.2) is 4.79 Å². The maximum atomic E-state index is 11.6. The standard InChI is InChI=1S/C19H22N2O2S/c20-18-17(19(22)23)16-13-7-9-14(21(10-13)11-15(16)24-18)8-6-12-4-2-1-3-5-12/h1-5,13-14H,6-11,20H2,(H,22,23). The third-order valence-electron chi connectivity index (χ3n) is 5.45. The molecular weight excluding hydrogens is 320 g/mol.